The van der Waals surface area contributed by atoms with Crippen LogP contribution >= 0.6 is 0 Å². The second-order valence-electron chi connectivity index (χ2n) is 1.71. The molecule has 0 radical (unpaired) electrons. The molecule has 0 aliphatic heterocycles. The molecule has 0 aromatic heterocycles. The van der Waals surface area contributed by atoms with E-state index >= 15 is 0 Å². The van der Waals surface area contributed by atoms with Gasteiger partial charge in [0.1, 0.15) is 0 Å². The summed E-state index contributed by atoms with van der Waals surface area (Å²) in [7, 11) is 0. The molecule has 0 rings (SSSR count). The molecular weight excluding hydrogens is 336 g/mol. The Morgan fingerprint density at radius 2 is 1.78 bits per heavy atom. The molecule has 0 aliphatic rings. The van der Waals surface area contributed by atoms with Crippen LogP contribution in [0.25, 0.3) is 0 Å². The van der Waals surface area contributed by atoms with Crippen LogP contribution in [0.5, 0.6) is 0 Å². The van der Waals surface area contributed by atoms with Crippen LogP contribution in [0.2, 0.25) is 0 Å². The second kappa shape index (κ2) is 16.0. The smallest absolute Gasteiger partial charge is 0 e. The minimum absolute atomic E-state index is 0. The molecule has 0 aromatic carbocycles. The molecule has 1 N–H and O–H groups in total. The van der Waals surface area contributed by atoms with Gasteiger partial charge in [0.15, 0.2) is 0 Å². The van der Waals surface area contributed by atoms with Crippen molar-refractivity contribution in [3.63, 3.8) is 0 Å². The van der Waals surface area contributed by atoms with Gasteiger partial charge in [-0.15, -0.1) is 0 Å². The van der Waals surface area contributed by atoms with Gasteiger partial charge < -0.3 is 12.7 Å². The van der Waals surface area contributed by atoms with Gasteiger partial charge in [0.2, 0.25) is 0 Å². The molecule has 0 bridgehead atoms. The predicted octanol–water partition coefficient (Wildman–Crippen LogP) is 1.85. The number of rotatable bonds is 4. The summed E-state index contributed by atoms with van der Waals surface area (Å²) in [6.07, 6.45) is 2.61. The van der Waals surface area contributed by atoms with Crippen LogP contribution in [0.15, 0.2) is 0 Å². The summed E-state index contributed by atoms with van der Waals surface area (Å²) in [5, 5.41) is 3.25. The standard InChI is InChI=1S/C6H15N.CH3.U/c1-3-5-6-7-4-2;;/h7H,3-6H2,1-2H3;1H3;/q;-1;. The van der Waals surface area contributed by atoms with E-state index in [1.165, 1.54) is 19.4 Å². The third kappa shape index (κ3) is 17.6. The summed E-state index contributed by atoms with van der Waals surface area (Å²) in [5.41, 5.74) is 0. The number of unbranched alkanes of at least 4 members (excludes halogenated alkanes) is 1. The van der Waals surface area contributed by atoms with Crippen LogP contribution in [0.4, 0.5) is 0 Å². The monoisotopic (exact) mass is 354 g/mol. The van der Waals surface area contributed by atoms with E-state index in [-0.39, 0.29) is 38.5 Å². The van der Waals surface area contributed by atoms with E-state index in [4.69, 9.17) is 0 Å². The van der Waals surface area contributed by atoms with Gasteiger partial charge in [-0.1, -0.05) is 20.3 Å². The van der Waals surface area contributed by atoms with Crippen molar-refractivity contribution in [3.05, 3.63) is 7.43 Å². The van der Waals surface area contributed by atoms with E-state index in [1.807, 2.05) is 0 Å². The second-order valence-corrected chi connectivity index (χ2v) is 1.71. The van der Waals surface area contributed by atoms with Crippen molar-refractivity contribution in [2.45, 2.75) is 26.7 Å². The van der Waals surface area contributed by atoms with Gasteiger partial charge in [0.05, 0.1) is 0 Å². The third-order valence-corrected chi connectivity index (χ3v) is 0.957. The molecule has 0 aliphatic carbocycles. The maximum absolute atomic E-state index is 3.25. The van der Waals surface area contributed by atoms with Crippen LogP contribution in [0.3, 0.4) is 0 Å². The van der Waals surface area contributed by atoms with Gasteiger partial charge in [-0.25, -0.2) is 0 Å². The normalized spacial score (nSPS) is 7.33. The van der Waals surface area contributed by atoms with E-state index in [0.29, 0.717) is 0 Å². The van der Waals surface area contributed by atoms with Gasteiger partial charge in [0.25, 0.3) is 0 Å². The van der Waals surface area contributed by atoms with Gasteiger partial charge in [-0.05, 0) is 19.5 Å². The Bertz CT molecular complexity index is 28.1. The van der Waals surface area contributed by atoms with Crippen molar-refractivity contribution in [2.24, 2.45) is 0 Å². The van der Waals surface area contributed by atoms with Crippen LogP contribution in [0, 0.1) is 38.5 Å². The largest absolute Gasteiger partial charge is 0.358 e. The Balaban J connectivity index is -0.000000180. The molecule has 0 aromatic rings. The molecule has 0 heterocycles. The van der Waals surface area contributed by atoms with Gasteiger partial charge in [-0.2, -0.15) is 0 Å². The van der Waals surface area contributed by atoms with E-state index < -0.39 is 0 Å². The van der Waals surface area contributed by atoms with Crippen LogP contribution in [-0.2, 0) is 0 Å². The Morgan fingerprint density at radius 3 is 2.11 bits per heavy atom. The van der Waals surface area contributed by atoms with E-state index in [9.17, 15) is 0 Å². The molecule has 1 nitrogen and oxygen atoms in total. The summed E-state index contributed by atoms with van der Waals surface area (Å²) >= 11 is 0. The average molecular weight is 354 g/mol. The van der Waals surface area contributed by atoms with E-state index in [1.54, 1.807) is 0 Å². The van der Waals surface area contributed by atoms with Crippen molar-refractivity contribution in [1.82, 2.24) is 5.32 Å². The fourth-order valence-electron chi connectivity index (χ4n) is 0.479. The molecule has 56 valence electrons. The SMILES string of the molecule is CCCCNCC.[CH3-].[U]. The van der Waals surface area contributed by atoms with Gasteiger partial charge in [0, 0.05) is 31.1 Å². The fourth-order valence-corrected chi connectivity index (χ4v) is 0.479. The van der Waals surface area contributed by atoms with Gasteiger partial charge >= 0.3 is 0 Å². The van der Waals surface area contributed by atoms with E-state index in [0.717, 1.165) is 6.54 Å². The molecule has 2 heteroatoms. The molecule has 0 fully saturated rings. The molecule has 0 saturated carbocycles. The molecule has 0 atom stereocenters. The van der Waals surface area contributed by atoms with Crippen molar-refractivity contribution >= 4 is 0 Å². The minimum atomic E-state index is 0. The summed E-state index contributed by atoms with van der Waals surface area (Å²) in [5.74, 6) is 0. The molecule has 0 saturated heterocycles. The molecule has 0 spiro atoms. The minimum Gasteiger partial charge on any atom is -0.358 e. The number of hydrogen-bond donors (Lipinski definition) is 1. The fraction of sp³-hybridized carbons (Fsp3) is 0.857. The maximum Gasteiger partial charge on any atom is 0 e. The molecular formula is C7H18NU-. The first-order valence-corrected chi connectivity index (χ1v) is 3.12. The topological polar surface area (TPSA) is 12.0 Å². The van der Waals surface area contributed by atoms with E-state index in [2.05, 4.69) is 19.2 Å². The van der Waals surface area contributed by atoms with Crippen LogP contribution < -0.4 is 5.32 Å². The van der Waals surface area contributed by atoms with Crippen molar-refractivity contribution in [2.75, 3.05) is 13.1 Å². The van der Waals surface area contributed by atoms with Crippen molar-refractivity contribution < 1.29 is 31.1 Å². The first-order valence-electron chi connectivity index (χ1n) is 3.12. The zero-order valence-electron chi connectivity index (χ0n) is 6.83. The molecule has 9 heavy (non-hydrogen) atoms. The zero-order valence-corrected chi connectivity index (χ0v) is 11.0. The Hall–Kier alpha value is 1.01. The van der Waals surface area contributed by atoms with Crippen molar-refractivity contribution in [1.29, 1.82) is 0 Å². The molecule has 0 unspecified atom stereocenters. The summed E-state index contributed by atoms with van der Waals surface area (Å²) < 4.78 is 0. The Labute approximate surface area is 83.4 Å². The molecule has 0 amide bonds. The predicted molar refractivity (Wildman–Crippen MR) is 39.9 cm³/mol. The zero-order chi connectivity index (χ0) is 5.54. The third-order valence-electron chi connectivity index (χ3n) is 0.957. The first-order chi connectivity index (χ1) is 3.41. The quantitative estimate of drug-likeness (QED) is 0.600. The van der Waals surface area contributed by atoms with Gasteiger partial charge in [-0.3, -0.25) is 0 Å². The number of nitrogens with one attached hydrogen (secondary N) is 1. The Morgan fingerprint density at radius 1 is 1.22 bits per heavy atom. The van der Waals surface area contributed by atoms with Crippen LogP contribution in [0.1, 0.15) is 26.7 Å². The van der Waals surface area contributed by atoms with Crippen LogP contribution in [-0.4, -0.2) is 13.1 Å². The van der Waals surface area contributed by atoms with Crippen molar-refractivity contribution in [3.8, 4) is 0 Å². The Kier molecular flexibility index (Phi) is 29.4. The summed E-state index contributed by atoms with van der Waals surface area (Å²) in [4.78, 5) is 0. The number of hydrogen-bond acceptors (Lipinski definition) is 1. The summed E-state index contributed by atoms with van der Waals surface area (Å²) in [6.45, 7) is 6.64. The first kappa shape index (κ1) is 16.5. The average Bonchev–Trinajstić information content (AvgIpc) is 1.69. The maximum atomic E-state index is 3.25. The summed E-state index contributed by atoms with van der Waals surface area (Å²) in [6, 6.07) is 0.